The van der Waals surface area contributed by atoms with Crippen LogP contribution in [0.25, 0.3) is 0 Å². The second-order valence-electron chi connectivity index (χ2n) is 6.32. The van der Waals surface area contributed by atoms with E-state index in [9.17, 15) is 26.7 Å². The molecule has 0 aliphatic carbocycles. The van der Waals surface area contributed by atoms with Gasteiger partial charge in [-0.1, -0.05) is 64.1 Å². The van der Waals surface area contributed by atoms with Crippen LogP contribution in [0.4, 0.5) is 22.0 Å². The molecule has 0 aromatic heterocycles. The third kappa shape index (κ3) is 18.8. The zero-order valence-electron chi connectivity index (χ0n) is 23.4. The van der Waals surface area contributed by atoms with Crippen LogP contribution in [0.3, 0.4) is 0 Å². The van der Waals surface area contributed by atoms with Crippen LogP contribution in [0.2, 0.25) is 0 Å². The van der Waals surface area contributed by atoms with Crippen molar-refractivity contribution < 1.29 is 31.5 Å². The number of ether oxygens (including phenoxy) is 1. The Balaban J connectivity index is -0.00000136. The van der Waals surface area contributed by atoms with Gasteiger partial charge in [-0.05, 0) is 63.4 Å². The topological polar surface area (TPSA) is 50.4 Å². The SMILES string of the molecule is C/C=C\C.CC.CC.C\C=C/C(=C\C=C\C=C(\C=C/NCOC)C(F)(F)F)NC(=O)c1cccc(F)c1F. The van der Waals surface area contributed by atoms with E-state index in [1.54, 1.807) is 13.0 Å². The summed E-state index contributed by atoms with van der Waals surface area (Å²) in [6.07, 6.45) is 8.91. The molecule has 1 amide bonds. The summed E-state index contributed by atoms with van der Waals surface area (Å²) in [6.45, 7) is 13.7. The van der Waals surface area contributed by atoms with Crippen LogP contribution >= 0.6 is 0 Å². The van der Waals surface area contributed by atoms with E-state index >= 15 is 0 Å². The highest BCUT2D eigenvalue weighted by molar-refractivity contribution is 5.95. The lowest BCUT2D eigenvalue weighted by Gasteiger charge is -2.07. The van der Waals surface area contributed by atoms with E-state index in [4.69, 9.17) is 0 Å². The Bertz CT molecular complexity index is 941. The van der Waals surface area contributed by atoms with Crippen molar-refractivity contribution in [1.29, 1.82) is 0 Å². The number of rotatable bonds is 9. The fourth-order valence-electron chi connectivity index (χ4n) is 2.04. The van der Waals surface area contributed by atoms with Crippen molar-refractivity contribution in [2.24, 2.45) is 0 Å². The number of methoxy groups -OCH3 is 1. The van der Waals surface area contributed by atoms with Crippen LogP contribution < -0.4 is 10.6 Å². The van der Waals surface area contributed by atoms with Gasteiger partial charge in [0.25, 0.3) is 5.91 Å². The number of amides is 1. The van der Waals surface area contributed by atoms with Crippen LogP contribution in [0.1, 0.15) is 58.8 Å². The zero-order valence-corrected chi connectivity index (χ0v) is 23.4. The van der Waals surface area contributed by atoms with Crippen LogP contribution in [0, 0.1) is 11.6 Å². The minimum Gasteiger partial charge on any atom is -0.369 e. The molecule has 1 rings (SSSR count). The Kier molecular flexibility index (Phi) is 25.9. The van der Waals surface area contributed by atoms with E-state index in [2.05, 4.69) is 15.4 Å². The predicted octanol–water partition coefficient (Wildman–Crippen LogP) is 8.54. The number of halogens is 5. The van der Waals surface area contributed by atoms with Gasteiger partial charge in [-0.3, -0.25) is 4.79 Å². The molecule has 1 aromatic carbocycles. The maximum absolute atomic E-state index is 13.7. The van der Waals surface area contributed by atoms with E-state index in [1.807, 2.05) is 53.7 Å². The molecule has 2 N–H and O–H groups in total. The highest BCUT2D eigenvalue weighted by Crippen LogP contribution is 2.26. The van der Waals surface area contributed by atoms with Crippen molar-refractivity contribution in [1.82, 2.24) is 10.6 Å². The molecule has 214 valence electrons. The summed E-state index contributed by atoms with van der Waals surface area (Å²) in [5.41, 5.74) is -1.25. The molecule has 0 bridgehead atoms. The normalized spacial score (nSPS) is 12.0. The average molecular weight is 545 g/mol. The number of hydrogen-bond acceptors (Lipinski definition) is 3. The van der Waals surface area contributed by atoms with Crippen molar-refractivity contribution in [3.8, 4) is 0 Å². The number of benzene rings is 1. The number of nitrogens with one attached hydrogen (secondary N) is 2. The molecule has 0 saturated heterocycles. The van der Waals surface area contributed by atoms with E-state index in [0.29, 0.717) is 0 Å². The summed E-state index contributed by atoms with van der Waals surface area (Å²) in [7, 11) is 1.39. The Morgan fingerprint density at radius 2 is 1.50 bits per heavy atom. The second kappa shape index (κ2) is 25.2. The quantitative estimate of drug-likeness (QED) is 0.108. The van der Waals surface area contributed by atoms with Crippen molar-refractivity contribution >= 4 is 5.91 Å². The molecule has 1 aromatic rings. The highest BCUT2D eigenvalue weighted by atomic mass is 19.4. The first-order valence-electron chi connectivity index (χ1n) is 12.1. The van der Waals surface area contributed by atoms with Gasteiger partial charge in [-0.25, -0.2) is 8.78 Å². The number of alkyl halides is 3. The largest absolute Gasteiger partial charge is 0.416 e. The molecule has 0 atom stereocenters. The number of hydrogen-bond donors (Lipinski definition) is 2. The molecule has 0 fully saturated rings. The first-order chi connectivity index (χ1) is 18.1. The van der Waals surface area contributed by atoms with Gasteiger partial charge in [-0.2, -0.15) is 13.2 Å². The molecule has 0 aliphatic heterocycles. The predicted molar refractivity (Wildman–Crippen MR) is 147 cm³/mol. The van der Waals surface area contributed by atoms with Gasteiger partial charge in [0.15, 0.2) is 11.6 Å². The number of carbonyl (C=O) groups is 1. The van der Waals surface area contributed by atoms with E-state index in [1.165, 1.54) is 31.4 Å². The molecule has 0 radical (unpaired) electrons. The third-order valence-corrected chi connectivity index (χ3v) is 3.73. The summed E-state index contributed by atoms with van der Waals surface area (Å²) >= 11 is 0. The van der Waals surface area contributed by atoms with Gasteiger partial charge in [0.2, 0.25) is 0 Å². The maximum atomic E-state index is 13.7. The molecule has 0 spiro atoms. The van der Waals surface area contributed by atoms with Crippen molar-refractivity contribution in [2.45, 2.75) is 54.6 Å². The summed E-state index contributed by atoms with van der Waals surface area (Å²) in [4.78, 5) is 12.1. The van der Waals surface area contributed by atoms with Gasteiger partial charge in [0.05, 0.1) is 11.1 Å². The van der Waals surface area contributed by atoms with Gasteiger partial charge < -0.3 is 15.4 Å². The smallest absolute Gasteiger partial charge is 0.369 e. The fourth-order valence-corrected chi connectivity index (χ4v) is 2.04. The molecular weight excluding hydrogens is 503 g/mol. The number of allylic oxidation sites excluding steroid dienone is 10. The van der Waals surface area contributed by atoms with E-state index in [0.717, 1.165) is 36.6 Å². The molecule has 9 heteroatoms. The summed E-state index contributed by atoms with van der Waals surface area (Å²) in [6, 6.07) is 3.17. The fraction of sp³-hybridized carbons (Fsp3) is 0.345. The van der Waals surface area contributed by atoms with Crippen LogP contribution in [0.15, 0.2) is 90.4 Å². The Labute approximate surface area is 224 Å². The van der Waals surface area contributed by atoms with Crippen molar-refractivity contribution in [3.63, 3.8) is 0 Å². The Morgan fingerprint density at radius 3 is 2.00 bits per heavy atom. The monoisotopic (exact) mass is 544 g/mol. The minimum absolute atomic E-state index is 0.0541. The molecule has 0 unspecified atom stereocenters. The van der Waals surface area contributed by atoms with Gasteiger partial charge in [0.1, 0.15) is 6.73 Å². The van der Waals surface area contributed by atoms with Crippen LogP contribution in [0.5, 0.6) is 0 Å². The maximum Gasteiger partial charge on any atom is 0.416 e. The molecule has 0 aliphatic rings. The van der Waals surface area contributed by atoms with E-state index < -0.39 is 34.9 Å². The molecule has 4 nitrogen and oxygen atoms in total. The van der Waals surface area contributed by atoms with Crippen molar-refractivity contribution in [3.05, 3.63) is 108 Å². The molecule has 0 saturated carbocycles. The van der Waals surface area contributed by atoms with Gasteiger partial charge >= 0.3 is 6.18 Å². The van der Waals surface area contributed by atoms with E-state index in [-0.39, 0.29) is 12.4 Å². The standard InChI is InChI=1S/C21H21F5N2O2.C4H8.2C2H6/c1-3-7-16(28-20(29)17-10-6-11-18(22)19(17)23)9-5-4-8-15(21(24,25)26)12-13-27-14-30-2;1-3-4-2;2*1-2/h3-13,27H,14H2,1-2H3,(H,28,29);3-4H,1-2H3;2*1-2H3/b5-4+,7-3-,13-12-,15-8-,16-9+;4-3-;;. The average Bonchev–Trinajstić information content (AvgIpc) is 2.91. The first kappa shape index (κ1) is 39.1. The third-order valence-electron chi connectivity index (χ3n) is 3.73. The number of carbonyl (C=O) groups excluding carboxylic acids is 1. The first-order valence-corrected chi connectivity index (χ1v) is 12.1. The molecular formula is C29H41F5N2O2. The zero-order chi connectivity index (χ0) is 30.0. The van der Waals surface area contributed by atoms with Crippen molar-refractivity contribution in [2.75, 3.05) is 13.8 Å². The van der Waals surface area contributed by atoms with Gasteiger partial charge in [-0.15, -0.1) is 0 Å². The molecule has 0 heterocycles. The van der Waals surface area contributed by atoms with Crippen LogP contribution in [-0.4, -0.2) is 25.9 Å². The lowest BCUT2D eigenvalue weighted by molar-refractivity contribution is -0.0882. The lowest BCUT2D eigenvalue weighted by atomic mass is 10.2. The Hall–Kier alpha value is -3.46. The van der Waals surface area contributed by atoms with Crippen LogP contribution in [-0.2, 0) is 4.74 Å². The molecule has 38 heavy (non-hydrogen) atoms. The second-order valence-corrected chi connectivity index (χ2v) is 6.32. The Morgan fingerprint density at radius 1 is 0.921 bits per heavy atom. The highest BCUT2D eigenvalue weighted by Gasteiger charge is 2.31. The summed E-state index contributed by atoms with van der Waals surface area (Å²) in [5, 5.41) is 4.88. The lowest BCUT2D eigenvalue weighted by Crippen LogP contribution is -2.23. The van der Waals surface area contributed by atoms with Gasteiger partial charge in [0, 0.05) is 12.8 Å². The minimum atomic E-state index is -4.57. The summed E-state index contributed by atoms with van der Waals surface area (Å²) < 4.78 is 70.7. The summed E-state index contributed by atoms with van der Waals surface area (Å²) in [5.74, 6) is -3.36.